The van der Waals surface area contributed by atoms with Crippen molar-refractivity contribution in [3.05, 3.63) is 113 Å². The molecule has 206 valence electrons. The number of ether oxygens (including phenoxy) is 2. The van der Waals surface area contributed by atoms with Crippen molar-refractivity contribution in [2.75, 3.05) is 11.9 Å². The second-order valence-electron chi connectivity index (χ2n) is 9.46. The Labute approximate surface area is 234 Å². The van der Waals surface area contributed by atoms with Crippen molar-refractivity contribution in [2.24, 2.45) is 0 Å². The van der Waals surface area contributed by atoms with Crippen LogP contribution in [0.1, 0.15) is 34.9 Å². The molecule has 1 heterocycles. The molecular weight excluding hydrogens is 506 g/mol. The summed E-state index contributed by atoms with van der Waals surface area (Å²) in [5.41, 5.74) is 4.83. The number of esters is 1. The minimum atomic E-state index is -0.931. The van der Waals surface area contributed by atoms with E-state index in [1.165, 1.54) is 0 Å². The summed E-state index contributed by atoms with van der Waals surface area (Å²) < 4.78 is 11.0. The number of hydrogen-bond acceptors (Lipinski definition) is 7. The third kappa shape index (κ3) is 7.68. The number of carbonyl (C=O) groups excluding carboxylic acids is 2. The number of rotatable bonds is 10. The van der Waals surface area contributed by atoms with Gasteiger partial charge in [0.1, 0.15) is 17.2 Å². The van der Waals surface area contributed by atoms with E-state index in [0.29, 0.717) is 36.8 Å². The fourth-order valence-electron chi connectivity index (χ4n) is 4.40. The molecule has 4 rings (SSSR count). The minimum absolute atomic E-state index is 0.124. The Hall–Kier alpha value is -4.69. The number of phenols is 1. The number of benzene rings is 3. The van der Waals surface area contributed by atoms with Gasteiger partial charge in [-0.25, -0.2) is 4.79 Å². The average molecular weight is 540 g/mol. The van der Waals surface area contributed by atoms with Crippen LogP contribution in [-0.4, -0.2) is 33.5 Å². The van der Waals surface area contributed by atoms with Crippen molar-refractivity contribution < 1.29 is 24.2 Å². The highest BCUT2D eigenvalue weighted by Crippen LogP contribution is 2.34. The van der Waals surface area contributed by atoms with Gasteiger partial charge in [-0.2, -0.15) is 0 Å². The lowest BCUT2D eigenvalue weighted by molar-refractivity contribution is -0.152. The van der Waals surface area contributed by atoms with Crippen LogP contribution in [0, 0.1) is 13.8 Å². The first-order chi connectivity index (χ1) is 19.3. The lowest BCUT2D eigenvalue weighted by Gasteiger charge is -2.23. The second kappa shape index (κ2) is 13.4. The zero-order chi connectivity index (χ0) is 28.5. The molecule has 0 spiro atoms. The van der Waals surface area contributed by atoms with Crippen LogP contribution in [0.2, 0.25) is 0 Å². The summed E-state index contributed by atoms with van der Waals surface area (Å²) >= 11 is 0. The molecular formula is C32H33N3O5. The molecule has 0 radical (unpaired) electrons. The Kier molecular flexibility index (Phi) is 9.48. The van der Waals surface area contributed by atoms with Crippen molar-refractivity contribution >= 4 is 17.6 Å². The molecule has 2 N–H and O–H groups in total. The van der Waals surface area contributed by atoms with E-state index in [1.54, 1.807) is 37.4 Å². The maximum absolute atomic E-state index is 12.0. The molecule has 8 heteroatoms. The molecule has 0 aliphatic heterocycles. The Morgan fingerprint density at radius 1 is 0.900 bits per heavy atom. The van der Waals surface area contributed by atoms with Gasteiger partial charge in [0, 0.05) is 37.1 Å². The molecule has 0 unspecified atom stereocenters. The molecule has 8 nitrogen and oxygen atoms in total. The quantitative estimate of drug-likeness (QED) is 0.191. The predicted octanol–water partition coefficient (Wildman–Crippen LogP) is 5.90. The Morgan fingerprint density at radius 2 is 1.62 bits per heavy atom. The minimum Gasteiger partial charge on any atom is -0.508 e. The van der Waals surface area contributed by atoms with Gasteiger partial charge in [0.2, 0.25) is 0 Å². The van der Waals surface area contributed by atoms with Crippen molar-refractivity contribution in [1.29, 1.82) is 0 Å². The van der Waals surface area contributed by atoms with Crippen LogP contribution < -0.4 is 10.1 Å². The summed E-state index contributed by atoms with van der Waals surface area (Å²) in [5.74, 6) is -0.389. The highest BCUT2D eigenvalue weighted by molar-refractivity contribution is 6.37. The van der Waals surface area contributed by atoms with Gasteiger partial charge in [0.25, 0.3) is 0 Å². The molecule has 4 aromatic rings. The molecule has 0 saturated heterocycles. The molecule has 1 amide bonds. The molecule has 0 saturated carbocycles. The largest absolute Gasteiger partial charge is 0.508 e. The van der Waals surface area contributed by atoms with Crippen molar-refractivity contribution in [2.45, 2.75) is 40.4 Å². The highest BCUT2D eigenvalue weighted by atomic mass is 16.5. The highest BCUT2D eigenvalue weighted by Gasteiger charge is 2.17. The van der Waals surface area contributed by atoms with Crippen LogP contribution in [0.3, 0.4) is 0 Å². The lowest BCUT2D eigenvalue weighted by Crippen LogP contribution is -2.25. The summed E-state index contributed by atoms with van der Waals surface area (Å²) in [6.45, 7) is 7.25. The standard InChI is InChI=1S/C32H33N3O5/c1-4-39-32(38)31(37)34-27-16-22(2)30(23(3)17-27)40-28-13-14-29(36)25(18-28)20-35(19-24-10-6-5-7-11-24)21-26-12-8-9-15-33-26/h5-18,36H,4,19-21H2,1-3H3,(H,34,37). The van der Waals surface area contributed by atoms with Crippen LogP contribution in [0.5, 0.6) is 17.2 Å². The number of hydrogen-bond donors (Lipinski definition) is 2. The molecule has 0 atom stereocenters. The van der Waals surface area contributed by atoms with E-state index in [2.05, 4.69) is 27.3 Å². The SMILES string of the molecule is CCOC(=O)C(=O)Nc1cc(C)c(Oc2ccc(O)c(CN(Cc3ccccc3)Cc3ccccn3)c2)c(C)c1. The van der Waals surface area contributed by atoms with Gasteiger partial charge < -0.3 is 19.9 Å². The number of anilines is 1. The van der Waals surface area contributed by atoms with Crippen molar-refractivity contribution in [3.63, 3.8) is 0 Å². The zero-order valence-electron chi connectivity index (χ0n) is 22.9. The third-order valence-electron chi connectivity index (χ3n) is 6.20. The molecule has 0 bridgehead atoms. The van der Waals surface area contributed by atoms with Crippen molar-refractivity contribution in [3.8, 4) is 17.2 Å². The normalized spacial score (nSPS) is 10.8. The number of nitrogens with one attached hydrogen (secondary N) is 1. The summed E-state index contributed by atoms with van der Waals surface area (Å²) in [6.07, 6.45) is 1.78. The van der Waals surface area contributed by atoms with Gasteiger partial charge in [0.05, 0.1) is 12.3 Å². The number of aromatic nitrogens is 1. The van der Waals surface area contributed by atoms with E-state index >= 15 is 0 Å². The third-order valence-corrected chi connectivity index (χ3v) is 6.20. The maximum Gasteiger partial charge on any atom is 0.397 e. The van der Waals surface area contributed by atoms with Gasteiger partial charge in [-0.3, -0.25) is 14.7 Å². The van der Waals surface area contributed by atoms with Gasteiger partial charge in [-0.05, 0) is 79.9 Å². The second-order valence-corrected chi connectivity index (χ2v) is 9.46. The average Bonchev–Trinajstić information content (AvgIpc) is 2.93. The van der Waals surface area contributed by atoms with E-state index in [1.807, 2.05) is 56.3 Å². The van der Waals surface area contributed by atoms with E-state index in [4.69, 9.17) is 9.47 Å². The lowest BCUT2D eigenvalue weighted by atomic mass is 10.1. The smallest absolute Gasteiger partial charge is 0.397 e. The van der Waals surface area contributed by atoms with E-state index in [-0.39, 0.29) is 12.4 Å². The van der Waals surface area contributed by atoms with E-state index < -0.39 is 11.9 Å². The first kappa shape index (κ1) is 28.3. The monoisotopic (exact) mass is 539 g/mol. The molecule has 0 aliphatic carbocycles. The van der Waals surface area contributed by atoms with Gasteiger partial charge in [-0.15, -0.1) is 0 Å². The first-order valence-electron chi connectivity index (χ1n) is 13.1. The van der Waals surface area contributed by atoms with Crippen LogP contribution in [-0.2, 0) is 34.0 Å². The van der Waals surface area contributed by atoms with E-state index in [9.17, 15) is 14.7 Å². The van der Waals surface area contributed by atoms with Crippen LogP contribution in [0.25, 0.3) is 0 Å². The summed E-state index contributed by atoms with van der Waals surface area (Å²) in [6, 6.07) is 24.7. The molecule has 0 aliphatic rings. The number of nitrogens with zero attached hydrogens (tertiary/aromatic N) is 2. The number of pyridine rings is 1. The maximum atomic E-state index is 12.0. The summed E-state index contributed by atoms with van der Waals surface area (Å²) in [4.78, 5) is 30.4. The molecule has 0 fully saturated rings. The Bertz CT molecular complexity index is 1390. The summed E-state index contributed by atoms with van der Waals surface area (Å²) in [7, 11) is 0. The number of aromatic hydroxyl groups is 1. The van der Waals surface area contributed by atoms with Gasteiger partial charge >= 0.3 is 11.9 Å². The molecule has 3 aromatic carbocycles. The number of amides is 1. The molecule has 1 aromatic heterocycles. The van der Waals surface area contributed by atoms with E-state index in [0.717, 1.165) is 27.9 Å². The Morgan fingerprint density at radius 3 is 2.30 bits per heavy atom. The molecule has 40 heavy (non-hydrogen) atoms. The van der Waals surface area contributed by atoms with Crippen LogP contribution in [0.15, 0.2) is 85.1 Å². The fourth-order valence-corrected chi connectivity index (χ4v) is 4.40. The summed E-state index contributed by atoms with van der Waals surface area (Å²) in [5, 5.41) is 13.3. The number of carbonyl (C=O) groups is 2. The fraction of sp³-hybridized carbons (Fsp3) is 0.219. The van der Waals surface area contributed by atoms with Crippen molar-refractivity contribution in [1.82, 2.24) is 9.88 Å². The van der Waals surface area contributed by atoms with Gasteiger partial charge in [-0.1, -0.05) is 36.4 Å². The predicted molar refractivity (Wildman–Crippen MR) is 153 cm³/mol. The number of aryl methyl sites for hydroxylation is 2. The first-order valence-corrected chi connectivity index (χ1v) is 13.1. The van der Waals surface area contributed by atoms with Crippen LogP contribution in [0.4, 0.5) is 5.69 Å². The Balaban J connectivity index is 1.53. The topological polar surface area (TPSA) is 101 Å². The zero-order valence-corrected chi connectivity index (χ0v) is 22.9. The number of phenolic OH excluding ortho intramolecular Hbond substituents is 1. The van der Waals surface area contributed by atoms with Crippen LogP contribution >= 0.6 is 0 Å². The van der Waals surface area contributed by atoms with Gasteiger partial charge in [0.15, 0.2) is 0 Å².